The normalized spacial score (nSPS) is 38.3. The summed E-state index contributed by atoms with van der Waals surface area (Å²) in [6.45, 7) is 2.25. The number of amidine groups is 1. The lowest BCUT2D eigenvalue weighted by atomic mass is 9.82. The maximum Gasteiger partial charge on any atom is 0.253 e. The predicted octanol–water partition coefficient (Wildman–Crippen LogP) is 0.847. The van der Waals surface area contributed by atoms with Crippen LogP contribution in [-0.2, 0) is 4.79 Å². The predicted molar refractivity (Wildman–Crippen MR) is 63.4 cm³/mol. The number of hydrazone groups is 1. The Kier molecular flexibility index (Phi) is 2.36. The number of thioether (sulfide) groups is 1. The summed E-state index contributed by atoms with van der Waals surface area (Å²) < 4.78 is 0. The van der Waals surface area contributed by atoms with E-state index >= 15 is 0 Å². The van der Waals surface area contributed by atoms with Crippen molar-refractivity contribution < 1.29 is 4.79 Å². The molecule has 1 saturated carbocycles. The van der Waals surface area contributed by atoms with Crippen molar-refractivity contribution in [2.75, 3.05) is 5.75 Å². The van der Waals surface area contributed by atoms with Crippen LogP contribution in [0.25, 0.3) is 0 Å². The number of amides is 1. The molecule has 2 N–H and O–H groups in total. The number of hydrogen-bond acceptors (Lipinski definition) is 5. The van der Waals surface area contributed by atoms with Crippen LogP contribution in [-0.4, -0.2) is 27.5 Å². The maximum absolute atomic E-state index is 11.7. The van der Waals surface area contributed by atoms with Gasteiger partial charge in [-0.1, -0.05) is 25.1 Å². The molecule has 1 saturated heterocycles. The molecular formula is C10H16N4OS. The Morgan fingerprint density at radius 1 is 1.62 bits per heavy atom. The molecule has 3 aliphatic rings. The topological polar surface area (TPSA) is 56.7 Å². The molecule has 0 aromatic rings. The van der Waals surface area contributed by atoms with Gasteiger partial charge in [0.25, 0.3) is 5.91 Å². The zero-order chi connectivity index (χ0) is 11.2. The Balaban J connectivity index is 1.82. The van der Waals surface area contributed by atoms with Crippen LogP contribution in [0.5, 0.6) is 0 Å². The van der Waals surface area contributed by atoms with E-state index in [-0.39, 0.29) is 11.6 Å². The lowest BCUT2D eigenvalue weighted by molar-refractivity contribution is -0.129. The number of carbonyl (C=O) groups excluding carboxylic acids is 1. The molecule has 5 nitrogen and oxygen atoms in total. The van der Waals surface area contributed by atoms with Gasteiger partial charge in [-0.15, -0.1) is 0 Å². The SMILES string of the molecule is C[C@H]1CCC[C@@]2(C1)NN=C1SCC(=O)N1N2. The zero-order valence-corrected chi connectivity index (χ0v) is 10.1. The molecule has 88 valence electrons. The van der Waals surface area contributed by atoms with E-state index in [4.69, 9.17) is 0 Å². The van der Waals surface area contributed by atoms with Gasteiger partial charge in [0, 0.05) is 0 Å². The smallest absolute Gasteiger partial charge is 0.253 e. The van der Waals surface area contributed by atoms with Gasteiger partial charge in [-0.3, -0.25) is 10.2 Å². The summed E-state index contributed by atoms with van der Waals surface area (Å²) in [7, 11) is 0. The molecule has 0 unspecified atom stereocenters. The largest absolute Gasteiger partial charge is 0.286 e. The summed E-state index contributed by atoms with van der Waals surface area (Å²) in [4.78, 5) is 11.7. The summed E-state index contributed by atoms with van der Waals surface area (Å²) in [5.41, 5.74) is 6.36. The minimum Gasteiger partial charge on any atom is -0.286 e. The van der Waals surface area contributed by atoms with E-state index in [0.717, 1.165) is 18.0 Å². The van der Waals surface area contributed by atoms with Crippen molar-refractivity contribution in [1.29, 1.82) is 0 Å². The average molecular weight is 240 g/mol. The Hall–Kier alpha value is -0.750. The van der Waals surface area contributed by atoms with Crippen molar-refractivity contribution >= 4 is 22.8 Å². The summed E-state index contributed by atoms with van der Waals surface area (Å²) in [6.07, 6.45) is 4.51. The third-order valence-corrected chi connectivity index (χ3v) is 4.38. The molecule has 3 rings (SSSR count). The molecule has 0 aromatic heterocycles. The molecule has 1 spiro atoms. The number of nitrogens with one attached hydrogen (secondary N) is 2. The van der Waals surface area contributed by atoms with E-state index in [1.54, 1.807) is 5.01 Å². The van der Waals surface area contributed by atoms with Crippen molar-refractivity contribution in [2.24, 2.45) is 11.0 Å². The number of rotatable bonds is 0. The fourth-order valence-corrected chi connectivity index (χ4v) is 3.47. The summed E-state index contributed by atoms with van der Waals surface area (Å²) >= 11 is 1.48. The van der Waals surface area contributed by atoms with Crippen molar-refractivity contribution in [3.8, 4) is 0 Å². The van der Waals surface area contributed by atoms with E-state index in [1.165, 1.54) is 24.6 Å². The average Bonchev–Trinajstić information content (AvgIpc) is 2.60. The fraction of sp³-hybridized carbons (Fsp3) is 0.800. The van der Waals surface area contributed by atoms with Crippen LogP contribution < -0.4 is 10.9 Å². The molecule has 2 heterocycles. The van der Waals surface area contributed by atoms with Crippen LogP contribution in [0.2, 0.25) is 0 Å². The van der Waals surface area contributed by atoms with Gasteiger partial charge in [-0.25, -0.2) is 5.01 Å². The highest BCUT2D eigenvalue weighted by Crippen LogP contribution is 2.33. The van der Waals surface area contributed by atoms with Crippen molar-refractivity contribution in [3.05, 3.63) is 0 Å². The number of nitrogens with zero attached hydrogens (tertiary/aromatic N) is 2. The van der Waals surface area contributed by atoms with E-state index in [0.29, 0.717) is 11.7 Å². The van der Waals surface area contributed by atoms with Crippen molar-refractivity contribution in [3.63, 3.8) is 0 Å². The Labute approximate surface area is 99.0 Å². The first-order chi connectivity index (χ1) is 7.69. The number of carbonyl (C=O) groups is 1. The molecule has 0 bridgehead atoms. The highest BCUT2D eigenvalue weighted by molar-refractivity contribution is 8.15. The molecule has 1 amide bonds. The van der Waals surface area contributed by atoms with Crippen LogP contribution in [0.15, 0.2) is 5.10 Å². The molecule has 6 heteroatoms. The number of hydrazine groups is 1. The highest BCUT2D eigenvalue weighted by atomic mass is 32.2. The van der Waals surface area contributed by atoms with Gasteiger partial charge in [-0.2, -0.15) is 10.5 Å². The van der Waals surface area contributed by atoms with Gasteiger partial charge in [0.15, 0.2) is 0 Å². The van der Waals surface area contributed by atoms with E-state index < -0.39 is 0 Å². The van der Waals surface area contributed by atoms with E-state index in [1.807, 2.05) is 0 Å². The van der Waals surface area contributed by atoms with Gasteiger partial charge in [-0.05, 0) is 25.2 Å². The molecule has 2 fully saturated rings. The fourth-order valence-electron chi connectivity index (χ4n) is 2.70. The summed E-state index contributed by atoms with van der Waals surface area (Å²) in [5, 5.41) is 6.71. The third-order valence-electron chi connectivity index (χ3n) is 3.45. The maximum atomic E-state index is 11.7. The number of fused-ring (bicyclic) bond motifs is 1. The van der Waals surface area contributed by atoms with Crippen LogP contribution >= 0.6 is 11.8 Å². The van der Waals surface area contributed by atoms with Crippen LogP contribution in [0.4, 0.5) is 0 Å². The lowest BCUT2D eigenvalue weighted by Gasteiger charge is -2.44. The minimum absolute atomic E-state index is 0.114. The second-order valence-electron chi connectivity index (χ2n) is 4.92. The van der Waals surface area contributed by atoms with Crippen molar-refractivity contribution in [2.45, 2.75) is 38.3 Å². The molecule has 2 atom stereocenters. The van der Waals surface area contributed by atoms with Gasteiger partial charge in [0.1, 0.15) is 5.66 Å². The van der Waals surface area contributed by atoms with Crippen LogP contribution in [0, 0.1) is 5.92 Å². The third kappa shape index (κ3) is 1.60. The monoisotopic (exact) mass is 240 g/mol. The number of hydrogen-bond donors (Lipinski definition) is 2. The molecule has 0 aromatic carbocycles. The van der Waals surface area contributed by atoms with E-state index in [9.17, 15) is 4.79 Å². The standard InChI is InChI=1S/C10H16N4OS/c1-7-3-2-4-10(5-7)12-11-9-14(13-10)8(15)6-16-9/h7,12-13H,2-6H2,1H3/t7-,10+/m0/s1. The quantitative estimate of drug-likeness (QED) is 0.659. The first-order valence-corrected chi connectivity index (χ1v) is 6.76. The van der Waals surface area contributed by atoms with Gasteiger partial charge in [0.2, 0.25) is 5.17 Å². The first kappa shape index (κ1) is 10.4. The zero-order valence-electron chi connectivity index (χ0n) is 9.32. The second-order valence-corrected chi connectivity index (χ2v) is 5.86. The van der Waals surface area contributed by atoms with Crippen LogP contribution in [0.3, 0.4) is 0 Å². The highest BCUT2D eigenvalue weighted by Gasteiger charge is 2.43. The Morgan fingerprint density at radius 2 is 2.50 bits per heavy atom. The van der Waals surface area contributed by atoms with Crippen molar-refractivity contribution in [1.82, 2.24) is 15.9 Å². The Morgan fingerprint density at radius 3 is 3.31 bits per heavy atom. The first-order valence-electron chi connectivity index (χ1n) is 5.77. The molecule has 0 radical (unpaired) electrons. The summed E-state index contributed by atoms with van der Waals surface area (Å²) in [5.74, 6) is 1.29. The van der Waals surface area contributed by atoms with E-state index in [2.05, 4.69) is 22.9 Å². The van der Waals surface area contributed by atoms with Gasteiger partial charge in [0.05, 0.1) is 5.75 Å². The summed E-state index contributed by atoms with van der Waals surface area (Å²) in [6, 6.07) is 0. The van der Waals surface area contributed by atoms with Crippen LogP contribution in [0.1, 0.15) is 32.6 Å². The molecule has 1 aliphatic carbocycles. The molecule has 16 heavy (non-hydrogen) atoms. The second kappa shape index (κ2) is 3.63. The molecule has 2 aliphatic heterocycles. The van der Waals surface area contributed by atoms with Gasteiger partial charge < -0.3 is 0 Å². The molecular weight excluding hydrogens is 224 g/mol. The lowest BCUT2D eigenvalue weighted by Crippen LogP contribution is -2.67. The van der Waals surface area contributed by atoms with Gasteiger partial charge >= 0.3 is 0 Å². The minimum atomic E-state index is -0.193. The Bertz CT molecular complexity index is 359.